The van der Waals surface area contributed by atoms with Crippen molar-refractivity contribution in [3.05, 3.63) is 58.4 Å². The number of alkyl carbamates (subject to hydrolysis) is 1. The summed E-state index contributed by atoms with van der Waals surface area (Å²) in [6, 6.07) is 7.20. The molecule has 1 aromatic rings. The quantitative estimate of drug-likeness (QED) is 0.105. The van der Waals surface area contributed by atoms with Gasteiger partial charge in [-0.3, -0.25) is 14.4 Å². The first-order valence-corrected chi connectivity index (χ1v) is 19.2. The van der Waals surface area contributed by atoms with E-state index in [1.807, 2.05) is 13.8 Å². The number of aliphatic hydroxyl groups is 4. The molecule has 1 heterocycles. The number of allylic oxidation sites excluding steroid dienone is 1. The van der Waals surface area contributed by atoms with Crippen LogP contribution < -0.4 is 5.32 Å². The zero-order chi connectivity index (χ0) is 42.1. The van der Waals surface area contributed by atoms with E-state index in [1.54, 1.807) is 65.0 Å². The fraction of sp³-hybridized carbons (Fsp3) is 0.643. The van der Waals surface area contributed by atoms with Gasteiger partial charge in [0.15, 0.2) is 23.2 Å². The molecule has 1 fully saturated rings. The van der Waals surface area contributed by atoms with Crippen LogP contribution in [-0.4, -0.2) is 104 Å². The van der Waals surface area contributed by atoms with Gasteiger partial charge in [-0.2, -0.15) is 0 Å². The number of ether oxygens (including phenoxy) is 4. The maximum Gasteiger partial charge on any atom is 0.407 e. The van der Waals surface area contributed by atoms with Crippen molar-refractivity contribution >= 4 is 29.6 Å². The van der Waals surface area contributed by atoms with Crippen LogP contribution >= 0.6 is 0 Å². The van der Waals surface area contributed by atoms with Crippen LogP contribution in [0.2, 0.25) is 0 Å². The minimum atomic E-state index is -2.11. The van der Waals surface area contributed by atoms with Gasteiger partial charge in [0.2, 0.25) is 5.78 Å². The standard InChI is InChI=1S/C42H59NO13/c1-22(2)18-28(43-38(51)56-39(6,7)8)35(48)37(50)54-30-20-42(52)27(19-29(46)26-14-12-11-13-15-26)32(41(55-25(5)45)21-53-31(41)16-17-44)24(4)34(47)36(49)33(23(30)3)40(42,9)10/h11-15,22,27-28,30-32,35,44,47-48,52H,16-21H2,1-10H3,(H,43,51)/b34-24+/t27-,28-,30-,31-,32?,35+,41-,42+/m0/s1. The number of ketones is 2. The van der Waals surface area contributed by atoms with E-state index >= 15 is 0 Å². The number of carbonyl (C=O) groups is 5. The molecule has 1 aliphatic heterocycles. The third-order valence-corrected chi connectivity index (χ3v) is 11.5. The van der Waals surface area contributed by atoms with Crippen molar-refractivity contribution in [2.45, 2.75) is 136 Å². The number of benzene rings is 1. The minimum absolute atomic E-state index is 0.00972. The van der Waals surface area contributed by atoms with Crippen LogP contribution in [0.1, 0.15) is 105 Å². The number of hydrogen-bond donors (Lipinski definition) is 5. The van der Waals surface area contributed by atoms with Crippen molar-refractivity contribution in [3.8, 4) is 0 Å². The number of nitrogens with one attached hydrogen (secondary N) is 1. The lowest BCUT2D eigenvalue weighted by atomic mass is 9.49. The topological polar surface area (TPSA) is 215 Å². The zero-order valence-electron chi connectivity index (χ0n) is 34.1. The lowest BCUT2D eigenvalue weighted by Crippen LogP contribution is -2.71. The lowest BCUT2D eigenvalue weighted by Gasteiger charge is -2.61. The number of rotatable bonds is 13. The molecule has 8 atom stereocenters. The summed E-state index contributed by atoms with van der Waals surface area (Å²) in [6.07, 6.45) is -5.68. The molecule has 1 amide bonds. The summed E-state index contributed by atoms with van der Waals surface area (Å²) in [5, 5.41) is 49.2. The molecule has 56 heavy (non-hydrogen) atoms. The fourth-order valence-corrected chi connectivity index (χ4v) is 8.86. The largest absolute Gasteiger partial charge is 0.504 e. The van der Waals surface area contributed by atoms with Crippen molar-refractivity contribution in [2.24, 2.45) is 23.2 Å². The number of esters is 2. The summed E-state index contributed by atoms with van der Waals surface area (Å²) < 4.78 is 23.2. The molecule has 4 rings (SSSR count). The molecule has 2 bridgehead atoms. The lowest BCUT2D eigenvalue weighted by molar-refractivity contribution is -0.288. The normalized spacial score (nSPS) is 30.0. The third kappa shape index (κ3) is 8.73. The molecular weight excluding hydrogens is 726 g/mol. The van der Waals surface area contributed by atoms with Crippen LogP contribution in [0.4, 0.5) is 4.79 Å². The molecule has 5 N–H and O–H groups in total. The van der Waals surface area contributed by atoms with Gasteiger partial charge in [-0.25, -0.2) is 9.59 Å². The highest BCUT2D eigenvalue weighted by Gasteiger charge is 2.68. The second-order valence-corrected chi connectivity index (χ2v) is 17.4. The molecule has 0 radical (unpaired) electrons. The maximum absolute atomic E-state index is 14.5. The fourth-order valence-electron chi connectivity index (χ4n) is 8.86. The Hall–Kier alpha value is -4.11. The Balaban J connectivity index is 1.90. The number of carbonyl (C=O) groups excluding carboxylic acids is 5. The first kappa shape index (κ1) is 44.6. The van der Waals surface area contributed by atoms with Gasteiger partial charge in [0, 0.05) is 61.2 Å². The highest BCUT2D eigenvalue weighted by Crippen LogP contribution is 2.60. The number of amides is 1. The van der Waals surface area contributed by atoms with Crippen LogP contribution in [0, 0.1) is 23.2 Å². The van der Waals surface area contributed by atoms with E-state index < -0.39 is 93.8 Å². The van der Waals surface area contributed by atoms with Crippen molar-refractivity contribution in [1.82, 2.24) is 5.32 Å². The van der Waals surface area contributed by atoms with Crippen LogP contribution in [0.3, 0.4) is 0 Å². The molecule has 1 unspecified atom stereocenters. The van der Waals surface area contributed by atoms with Crippen LogP contribution in [0.5, 0.6) is 0 Å². The van der Waals surface area contributed by atoms with Gasteiger partial charge >= 0.3 is 18.0 Å². The third-order valence-electron chi connectivity index (χ3n) is 11.5. The van der Waals surface area contributed by atoms with E-state index in [0.29, 0.717) is 5.56 Å². The zero-order valence-corrected chi connectivity index (χ0v) is 34.1. The first-order chi connectivity index (χ1) is 25.9. The van der Waals surface area contributed by atoms with Gasteiger partial charge in [-0.05, 0) is 58.1 Å². The Morgan fingerprint density at radius 2 is 1.68 bits per heavy atom. The average molecular weight is 786 g/mol. The molecule has 1 aromatic carbocycles. The predicted molar refractivity (Wildman–Crippen MR) is 203 cm³/mol. The Morgan fingerprint density at radius 1 is 1.05 bits per heavy atom. The summed E-state index contributed by atoms with van der Waals surface area (Å²) in [6.45, 7) is 15.5. The van der Waals surface area contributed by atoms with Crippen molar-refractivity contribution in [3.63, 3.8) is 0 Å². The monoisotopic (exact) mass is 785 g/mol. The van der Waals surface area contributed by atoms with Crippen molar-refractivity contribution in [1.29, 1.82) is 0 Å². The molecule has 14 nitrogen and oxygen atoms in total. The van der Waals surface area contributed by atoms with Crippen LogP contribution in [0.15, 0.2) is 52.8 Å². The van der Waals surface area contributed by atoms with E-state index in [1.165, 1.54) is 20.8 Å². The van der Waals surface area contributed by atoms with Crippen LogP contribution in [-0.2, 0) is 33.3 Å². The number of Topliss-reactive ketones (excluding diaryl/α,β-unsaturated/α-hetero) is 2. The highest BCUT2D eigenvalue weighted by atomic mass is 16.6. The van der Waals surface area contributed by atoms with Crippen LogP contribution in [0.25, 0.3) is 0 Å². The molecule has 2 aliphatic carbocycles. The summed E-state index contributed by atoms with van der Waals surface area (Å²) in [4.78, 5) is 68.2. The highest BCUT2D eigenvalue weighted by molar-refractivity contribution is 6.09. The summed E-state index contributed by atoms with van der Waals surface area (Å²) in [5.41, 5.74) is -5.64. The summed E-state index contributed by atoms with van der Waals surface area (Å²) in [5.74, 6) is -6.41. The van der Waals surface area contributed by atoms with Crippen molar-refractivity contribution in [2.75, 3.05) is 13.2 Å². The van der Waals surface area contributed by atoms with E-state index in [4.69, 9.17) is 18.9 Å². The van der Waals surface area contributed by atoms with Gasteiger partial charge in [-0.15, -0.1) is 0 Å². The maximum atomic E-state index is 14.5. The average Bonchev–Trinajstić information content (AvgIpc) is 3.09. The molecule has 310 valence electrons. The number of hydrogen-bond acceptors (Lipinski definition) is 13. The predicted octanol–water partition coefficient (Wildman–Crippen LogP) is 4.68. The Kier molecular flexibility index (Phi) is 13.4. The molecule has 0 aromatic heterocycles. The van der Waals surface area contributed by atoms with Gasteiger partial charge in [0.05, 0.1) is 18.2 Å². The molecular formula is C42H59NO13. The summed E-state index contributed by atoms with van der Waals surface area (Å²) >= 11 is 0. The smallest absolute Gasteiger partial charge is 0.407 e. The van der Waals surface area contributed by atoms with E-state index in [-0.39, 0.29) is 61.5 Å². The first-order valence-electron chi connectivity index (χ1n) is 19.2. The Morgan fingerprint density at radius 3 is 2.20 bits per heavy atom. The minimum Gasteiger partial charge on any atom is -0.504 e. The van der Waals surface area contributed by atoms with Gasteiger partial charge in [0.1, 0.15) is 17.8 Å². The van der Waals surface area contributed by atoms with Gasteiger partial charge in [0.25, 0.3) is 0 Å². The number of fused-ring (bicyclic) bond motifs is 2. The molecule has 0 spiro atoms. The Labute approximate surface area is 328 Å². The second kappa shape index (κ2) is 16.8. The SMILES string of the molecule is CC(=O)O[C@@]1(C2/C(C)=C(/O)C(=O)C3=C(C)[C@@H](OC(=O)[C@H](O)[C@H](CC(C)C)NC(=O)OC(C)(C)C)C[C@@](O)([C@H]2CC(=O)c2ccccc2)C3(C)C)CO[C@H]1CCO. The van der Waals surface area contributed by atoms with Gasteiger partial charge < -0.3 is 44.7 Å². The molecule has 1 saturated heterocycles. The molecule has 3 aliphatic rings. The van der Waals surface area contributed by atoms with Gasteiger partial charge in [-0.1, -0.05) is 58.0 Å². The summed E-state index contributed by atoms with van der Waals surface area (Å²) in [7, 11) is 0. The molecule has 14 heteroatoms. The second-order valence-electron chi connectivity index (χ2n) is 17.4. The number of aliphatic hydroxyl groups excluding tert-OH is 3. The molecule has 0 saturated carbocycles. The van der Waals surface area contributed by atoms with E-state index in [0.717, 1.165) is 0 Å². The van der Waals surface area contributed by atoms with E-state index in [9.17, 15) is 44.4 Å². The Bertz CT molecular complexity index is 1740. The van der Waals surface area contributed by atoms with Crippen molar-refractivity contribution < 1.29 is 63.3 Å². The van der Waals surface area contributed by atoms with E-state index in [2.05, 4.69) is 5.32 Å².